The highest BCUT2D eigenvalue weighted by molar-refractivity contribution is 5.95. The van der Waals surface area contributed by atoms with Gasteiger partial charge in [-0.3, -0.25) is 0 Å². The molecule has 2 aliphatic rings. The van der Waals surface area contributed by atoms with E-state index in [4.69, 9.17) is 0 Å². The first-order valence-electron chi connectivity index (χ1n) is 18.6. The minimum absolute atomic E-state index is 0.140. The summed E-state index contributed by atoms with van der Waals surface area (Å²) in [5.41, 5.74) is 19.6. The molecular formula is C52H39N. The number of rotatable bonds is 6. The zero-order chi connectivity index (χ0) is 35.6. The van der Waals surface area contributed by atoms with Crippen LogP contribution >= 0.6 is 0 Å². The van der Waals surface area contributed by atoms with Gasteiger partial charge in [-0.15, -0.1) is 0 Å². The van der Waals surface area contributed by atoms with Crippen LogP contribution in [0.2, 0.25) is 0 Å². The SMILES string of the molecule is CC1(C)c2ccccc2-c2c(-c3ccc(-c4ccccc4)cc3)cc(Nc3cccc(C4(c5ccccc5)c5ccccc5-c5ccccc54)c3)cc21. The van der Waals surface area contributed by atoms with Crippen LogP contribution in [-0.4, -0.2) is 0 Å². The number of hydrogen-bond acceptors (Lipinski definition) is 1. The van der Waals surface area contributed by atoms with Crippen LogP contribution in [0, 0.1) is 0 Å². The second-order valence-corrected chi connectivity index (χ2v) is 15.0. The van der Waals surface area contributed by atoms with E-state index in [1.807, 2.05) is 0 Å². The molecule has 0 atom stereocenters. The normalized spacial score (nSPS) is 14.2. The Morgan fingerprint density at radius 2 is 0.868 bits per heavy atom. The fourth-order valence-corrected chi connectivity index (χ4v) is 9.30. The smallest absolute Gasteiger partial charge is 0.0714 e. The van der Waals surface area contributed by atoms with E-state index >= 15 is 0 Å². The van der Waals surface area contributed by atoms with E-state index in [1.165, 1.54) is 77.9 Å². The van der Waals surface area contributed by atoms with Crippen molar-refractivity contribution in [2.75, 3.05) is 5.32 Å². The van der Waals surface area contributed by atoms with Crippen molar-refractivity contribution >= 4 is 11.4 Å². The summed E-state index contributed by atoms with van der Waals surface area (Å²) in [7, 11) is 0. The van der Waals surface area contributed by atoms with E-state index in [-0.39, 0.29) is 5.41 Å². The predicted octanol–water partition coefficient (Wildman–Crippen LogP) is 13.4. The molecule has 1 heteroatoms. The molecule has 252 valence electrons. The topological polar surface area (TPSA) is 12.0 Å². The zero-order valence-electron chi connectivity index (χ0n) is 30.0. The number of anilines is 2. The van der Waals surface area contributed by atoms with Gasteiger partial charge < -0.3 is 5.32 Å². The molecule has 0 saturated heterocycles. The molecule has 1 nitrogen and oxygen atoms in total. The van der Waals surface area contributed by atoms with Gasteiger partial charge in [0.2, 0.25) is 0 Å². The molecule has 0 unspecified atom stereocenters. The molecule has 0 amide bonds. The Hall–Kier alpha value is -6.44. The summed E-state index contributed by atoms with van der Waals surface area (Å²) in [4.78, 5) is 0. The van der Waals surface area contributed by atoms with Crippen molar-refractivity contribution in [1.29, 1.82) is 0 Å². The highest BCUT2D eigenvalue weighted by Gasteiger charge is 2.46. The molecule has 8 aromatic carbocycles. The van der Waals surface area contributed by atoms with Crippen molar-refractivity contribution in [2.24, 2.45) is 0 Å². The van der Waals surface area contributed by atoms with Crippen molar-refractivity contribution < 1.29 is 0 Å². The lowest BCUT2D eigenvalue weighted by Crippen LogP contribution is -2.28. The van der Waals surface area contributed by atoms with Crippen LogP contribution in [0.4, 0.5) is 11.4 Å². The van der Waals surface area contributed by atoms with Gasteiger partial charge >= 0.3 is 0 Å². The summed E-state index contributed by atoms with van der Waals surface area (Å²) in [5, 5.41) is 3.93. The summed E-state index contributed by atoms with van der Waals surface area (Å²) >= 11 is 0. The van der Waals surface area contributed by atoms with E-state index in [2.05, 4.69) is 213 Å². The number of nitrogens with one attached hydrogen (secondary N) is 1. The first-order valence-corrected chi connectivity index (χ1v) is 18.6. The van der Waals surface area contributed by atoms with Gasteiger partial charge in [0.1, 0.15) is 0 Å². The molecule has 10 rings (SSSR count). The van der Waals surface area contributed by atoms with Crippen LogP contribution < -0.4 is 5.32 Å². The van der Waals surface area contributed by atoms with E-state index in [0.29, 0.717) is 0 Å². The molecule has 0 aromatic heterocycles. The molecule has 1 N–H and O–H groups in total. The van der Waals surface area contributed by atoms with Gasteiger partial charge in [0.15, 0.2) is 0 Å². The van der Waals surface area contributed by atoms with Gasteiger partial charge in [-0.1, -0.05) is 184 Å². The van der Waals surface area contributed by atoms with E-state index < -0.39 is 5.41 Å². The predicted molar refractivity (Wildman–Crippen MR) is 222 cm³/mol. The van der Waals surface area contributed by atoms with Gasteiger partial charge in [0.25, 0.3) is 0 Å². The van der Waals surface area contributed by atoms with Gasteiger partial charge in [-0.05, 0) is 102 Å². The largest absolute Gasteiger partial charge is 0.355 e. The first kappa shape index (κ1) is 31.3. The fourth-order valence-electron chi connectivity index (χ4n) is 9.30. The average molecular weight is 678 g/mol. The molecule has 8 aromatic rings. The van der Waals surface area contributed by atoms with Gasteiger partial charge in [-0.2, -0.15) is 0 Å². The Kier molecular flexibility index (Phi) is 7.13. The molecule has 0 aliphatic heterocycles. The molecule has 0 saturated carbocycles. The van der Waals surface area contributed by atoms with Crippen LogP contribution in [0.1, 0.15) is 47.2 Å². The number of benzene rings is 8. The Morgan fingerprint density at radius 3 is 1.55 bits per heavy atom. The Labute approximate surface area is 312 Å². The van der Waals surface area contributed by atoms with E-state index in [9.17, 15) is 0 Å². The van der Waals surface area contributed by atoms with Crippen molar-refractivity contribution in [3.63, 3.8) is 0 Å². The molecular weight excluding hydrogens is 639 g/mol. The third-order valence-corrected chi connectivity index (χ3v) is 11.7. The van der Waals surface area contributed by atoms with Gasteiger partial charge in [-0.25, -0.2) is 0 Å². The number of fused-ring (bicyclic) bond motifs is 6. The molecule has 0 radical (unpaired) electrons. The maximum Gasteiger partial charge on any atom is 0.0714 e. The van der Waals surface area contributed by atoms with Crippen LogP contribution in [0.25, 0.3) is 44.5 Å². The zero-order valence-corrected chi connectivity index (χ0v) is 30.0. The van der Waals surface area contributed by atoms with E-state index in [1.54, 1.807) is 0 Å². The maximum atomic E-state index is 3.93. The highest BCUT2D eigenvalue weighted by atomic mass is 14.9. The Balaban J connectivity index is 1.13. The number of hydrogen-bond donors (Lipinski definition) is 1. The van der Waals surface area contributed by atoms with Crippen LogP contribution in [-0.2, 0) is 10.8 Å². The lowest BCUT2D eigenvalue weighted by molar-refractivity contribution is 0.661. The summed E-state index contributed by atoms with van der Waals surface area (Å²) in [6.45, 7) is 4.73. The van der Waals surface area contributed by atoms with Gasteiger partial charge in [0, 0.05) is 16.8 Å². The van der Waals surface area contributed by atoms with Crippen molar-refractivity contribution in [3.05, 3.63) is 228 Å². The minimum atomic E-state index is -0.445. The quantitative estimate of drug-likeness (QED) is 0.185. The molecule has 2 aliphatic carbocycles. The average Bonchev–Trinajstić information content (AvgIpc) is 3.65. The lowest BCUT2D eigenvalue weighted by atomic mass is 9.67. The van der Waals surface area contributed by atoms with Crippen molar-refractivity contribution in [1.82, 2.24) is 0 Å². The van der Waals surface area contributed by atoms with Gasteiger partial charge in [0.05, 0.1) is 5.41 Å². The van der Waals surface area contributed by atoms with E-state index in [0.717, 1.165) is 11.4 Å². The third kappa shape index (κ3) is 4.77. The fraction of sp³-hybridized carbons (Fsp3) is 0.0769. The summed E-state index contributed by atoms with van der Waals surface area (Å²) in [6, 6.07) is 71.4. The molecule has 0 bridgehead atoms. The Bertz CT molecular complexity index is 2600. The maximum absolute atomic E-state index is 3.93. The van der Waals surface area contributed by atoms with Crippen molar-refractivity contribution in [3.8, 4) is 44.5 Å². The molecule has 0 heterocycles. The van der Waals surface area contributed by atoms with Crippen LogP contribution in [0.15, 0.2) is 194 Å². The highest BCUT2D eigenvalue weighted by Crippen LogP contribution is 2.57. The summed E-state index contributed by atoms with van der Waals surface area (Å²) in [5.74, 6) is 0. The first-order chi connectivity index (χ1) is 26.0. The minimum Gasteiger partial charge on any atom is -0.355 e. The van der Waals surface area contributed by atoms with Crippen LogP contribution in [0.3, 0.4) is 0 Å². The monoisotopic (exact) mass is 677 g/mol. The lowest BCUT2D eigenvalue weighted by Gasteiger charge is -2.34. The standard InChI is InChI=1S/C52H39N/c1-51(2)46-25-12-11-24-44(46)50-45(37-30-28-36(29-31-37)35-16-5-3-6-17-35)33-41(34-49(50)51)53-40-21-15-20-39(32-40)52(38-18-7-4-8-19-38)47-26-13-9-22-42(47)43-23-10-14-27-48(43)52/h3-34,53H,1-2H3. The molecule has 53 heavy (non-hydrogen) atoms. The Morgan fingerprint density at radius 1 is 0.340 bits per heavy atom. The molecule has 0 spiro atoms. The third-order valence-electron chi connectivity index (χ3n) is 11.7. The second-order valence-electron chi connectivity index (χ2n) is 15.0. The summed E-state index contributed by atoms with van der Waals surface area (Å²) < 4.78 is 0. The van der Waals surface area contributed by atoms with Crippen molar-refractivity contribution in [2.45, 2.75) is 24.7 Å². The molecule has 0 fully saturated rings. The second kappa shape index (κ2) is 12.1. The summed E-state index contributed by atoms with van der Waals surface area (Å²) in [6.07, 6.45) is 0. The van der Waals surface area contributed by atoms with Crippen LogP contribution in [0.5, 0.6) is 0 Å².